The summed E-state index contributed by atoms with van der Waals surface area (Å²) in [6, 6.07) is 17.7. The molecule has 6 nitrogen and oxygen atoms in total. The average molecular weight is 368 g/mol. The third-order valence-electron chi connectivity index (χ3n) is 4.65. The summed E-state index contributed by atoms with van der Waals surface area (Å²) >= 11 is 0. The number of para-hydroxylation sites is 2. The summed E-state index contributed by atoms with van der Waals surface area (Å²) in [6.07, 6.45) is 0. The lowest BCUT2D eigenvalue weighted by atomic mass is 10.2. The van der Waals surface area contributed by atoms with Crippen molar-refractivity contribution in [2.45, 2.75) is 6.61 Å². The first-order valence-corrected chi connectivity index (χ1v) is 9.38. The molecule has 0 spiro atoms. The maximum atomic E-state index is 10.0. The fourth-order valence-electron chi connectivity index (χ4n) is 3.22. The van der Waals surface area contributed by atoms with E-state index in [4.69, 9.17) is 4.74 Å². The van der Waals surface area contributed by atoms with E-state index in [0.29, 0.717) is 19.0 Å². The number of nitrogens with zero attached hydrogens (tertiary/aromatic N) is 3. The summed E-state index contributed by atoms with van der Waals surface area (Å²) in [5, 5.41) is 13.4. The highest BCUT2D eigenvalue weighted by Crippen LogP contribution is 2.27. The van der Waals surface area contributed by atoms with Crippen molar-refractivity contribution in [3.63, 3.8) is 0 Å². The molecule has 0 saturated carbocycles. The number of hydrogen-bond donors (Lipinski definition) is 2. The van der Waals surface area contributed by atoms with Crippen LogP contribution in [0, 0.1) is 0 Å². The Morgan fingerprint density at radius 1 is 1.04 bits per heavy atom. The molecule has 0 radical (unpaired) electrons. The Morgan fingerprint density at radius 3 is 2.44 bits per heavy atom. The van der Waals surface area contributed by atoms with E-state index in [9.17, 15) is 5.11 Å². The Kier molecular flexibility index (Phi) is 6.93. The standard InChI is InChI=1S/C21H28N4O2/c1-22-21(23-11-16-27-17-18-7-3-2-4-8-18)25-14-12-24(13-15-25)19-9-5-6-10-20(19)26/h2-10,26H,11-17H2,1H3,(H,22,23). The van der Waals surface area contributed by atoms with Crippen molar-refractivity contribution in [2.75, 3.05) is 51.3 Å². The molecule has 144 valence electrons. The van der Waals surface area contributed by atoms with Crippen LogP contribution in [-0.2, 0) is 11.3 Å². The van der Waals surface area contributed by atoms with Crippen molar-refractivity contribution in [1.29, 1.82) is 0 Å². The van der Waals surface area contributed by atoms with Crippen LogP contribution in [0.15, 0.2) is 59.6 Å². The number of phenols is 1. The Labute approximate surface area is 161 Å². The Hall–Kier alpha value is -2.73. The van der Waals surface area contributed by atoms with Crippen molar-refractivity contribution in [3.05, 3.63) is 60.2 Å². The van der Waals surface area contributed by atoms with E-state index in [1.165, 1.54) is 5.56 Å². The topological polar surface area (TPSA) is 60.3 Å². The van der Waals surface area contributed by atoms with Crippen molar-refractivity contribution in [3.8, 4) is 5.75 Å². The quantitative estimate of drug-likeness (QED) is 0.465. The third kappa shape index (κ3) is 5.37. The van der Waals surface area contributed by atoms with Gasteiger partial charge < -0.3 is 25.0 Å². The molecule has 1 aliphatic rings. The van der Waals surface area contributed by atoms with Crippen LogP contribution >= 0.6 is 0 Å². The summed E-state index contributed by atoms with van der Waals surface area (Å²) in [4.78, 5) is 8.84. The summed E-state index contributed by atoms with van der Waals surface area (Å²) in [7, 11) is 1.81. The van der Waals surface area contributed by atoms with Crippen molar-refractivity contribution in [1.82, 2.24) is 10.2 Å². The number of benzene rings is 2. The molecule has 1 heterocycles. The van der Waals surface area contributed by atoms with Gasteiger partial charge in [-0.05, 0) is 17.7 Å². The number of guanidine groups is 1. The average Bonchev–Trinajstić information content (AvgIpc) is 2.72. The van der Waals surface area contributed by atoms with E-state index < -0.39 is 0 Å². The van der Waals surface area contributed by atoms with E-state index in [-0.39, 0.29) is 0 Å². The molecule has 0 aromatic heterocycles. The van der Waals surface area contributed by atoms with Gasteiger partial charge in [-0.15, -0.1) is 0 Å². The second-order valence-electron chi connectivity index (χ2n) is 6.47. The van der Waals surface area contributed by atoms with Crippen LogP contribution < -0.4 is 10.2 Å². The van der Waals surface area contributed by atoms with Gasteiger partial charge in [0.2, 0.25) is 0 Å². The van der Waals surface area contributed by atoms with Crippen LogP contribution in [0.5, 0.6) is 5.75 Å². The molecule has 1 aliphatic heterocycles. The molecule has 0 amide bonds. The van der Waals surface area contributed by atoms with Gasteiger partial charge in [-0.2, -0.15) is 0 Å². The van der Waals surface area contributed by atoms with Crippen LogP contribution in [0.25, 0.3) is 0 Å². The molecule has 2 N–H and O–H groups in total. The second-order valence-corrected chi connectivity index (χ2v) is 6.47. The summed E-state index contributed by atoms with van der Waals surface area (Å²) < 4.78 is 5.72. The Balaban J connectivity index is 1.39. The molecule has 0 unspecified atom stereocenters. The van der Waals surface area contributed by atoms with Crippen LogP contribution in [0.4, 0.5) is 5.69 Å². The fraction of sp³-hybridized carbons (Fsp3) is 0.381. The maximum Gasteiger partial charge on any atom is 0.193 e. The molecule has 1 saturated heterocycles. The molecule has 1 fully saturated rings. The second kappa shape index (κ2) is 9.83. The molecule has 0 atom stereocenters. The number of ether oxygens (including phenoxy) is 1. The number of anilines is 1. The van der Waals surface area contributed by atoms with E-state index in [1.807, 2.05) is 43.4 Å². The number of aromatic hydroxyl groups is 1. The molecular weight excluding hydrogens is 340 g/mol. The predicted octanol–water partition coefficient (Wildman–Crippen LogP) is 2.31. The van der Waals surface area contributed by atoms with Crippen LogP contribution in [0.2, 0.25) is 0 Å². The molecule has 3 rings (SSSR count). The first kappa shape index (κ1) is 19.0. The lowest BCUT2D eigenvalue weighted by molar-refractivity contribution is 0.125. The lowest BCUT2D eigenvalue weighted by Crippen LogP contribution is -2.53. The largest absolute Gasteiger partial charge is 0.506 e. The monoisotopic (exact) mass is 368 g/mol. The number of aliphatic imine (C=N–C) groups is 1. The SMILES string of the molecule is CN=C(NCCOCc1ccccc1)N1CCN(c2ccccc2O)CC1. The van der Waals surface area contributed by atoms with E-state index in [0.717, 1.165) is 44.4 Å². The number of piperazine rings is 1. The zero-order valence-corrected chi connectivity index (χ0v) is 15.8. The summed E-state index contributed by atoms with van der Waals surface area (Å²) in [5.74, 6) is 1.24. The molecule has 0 bridgehead atoms. The van der Waals surface area contributed by atoms with Gasteiger partial charge in [0.1, 0.15) is 5.75 Å². The minimum Gasteiger partial charge on any atom is -0.506 e. The molecule has 2 aromatic carbocycles. The normalized spacial score (nSPS) is 15.1. The minimum atomic E-state index is 0.337. The Morgan fingerprint density at radius 2 is 1.74 bits per heavy atom. The van der Waals surface area contributed by atoms with Gasteiger partial charge in [0.25, 0.3) is 0 Å². The van der Waals surface area contributed by atoms with E-state index >= 15 is 0 Å². The van der Waals surface area contributed by atoms with Gasteiger partial charge in [-0.25, -0.2) is 0 Å². The maximum absolute atomic E-state index is 10.0. The molecule has 6 heteroatoms. The molecule has 0 aliphatic carbocycles. The number of nitrogens with one attached hydrogen (secondary N) is 1. The van der Waals surface area contributed by atoms with Crippen molar-refractivity contribution in [2.24, 2.45) is 4.99 Å². The van der Waals surface area contributed by atoms with Crippen LogP contribution in [0.1, 0.15) is 5.56 Å². The first-order chi connectivity index (χ1) is 13.3. The van der Waals surface area contributed by atoms with E-state index in [2.05, 4.69) is 32.2 Å². The van der Waals surface area contributed by atoms with Gasteiger partial charge in [0.05, 0.1) is 18.9 Å². The third-order valence-corrected chi connectivity index (χ3v) is 4.65. The first-order valence-electron chi connectivity index (χ1n) is 9.38. The van der Waals surface area contributed by atoms with Gasteiger partial charge in [-0.3, -0.25) is 4.99 Å². The van der Waals surface area contributed by atoms with E-state index in [1.54, 1.807) is 6.07 Å². The smallest absolute Gasteiger partial charge is 0.193 e. The summed E-state index contributed by atoms with van der Waals surface area (Å²) in [6.45, 7) is 5.40. The highest BCUT2D eigenvalue weighted by Gasteiger charge is 2.21. The van der Waals surface area contributed by atoms with Gasteiger partial charge in [0.15, 0.2) is 5.96 Å². The highest BCUT2D eigenvalue weighted by molar-refractivity contribution is 5.80. The minimum absolute atomic E-state index is 0.337. The zero-order chi connectivity index (χ0) is 18.9. The molecule has 2 aromatic rings. The number of phenolic OH excluding ortho intramolecular Hbond substituents is 1. The van der Waals surface area contributed by atoms with Gasteiger partial charge in [0, 0.05) is 39.8 Å². The van der Waals surface area contributed by atoms with Crippen molar-refractivity contribution < 1.29 is 9.84 Å². The van der Waals surface area contributed by atoms with Crippen LogP contribution in [-0.4, -0.2) is 62.3 Å². The highest BCUT2D eigenvalue weighted by atomic mass is 16.5. The van der Waals surface area contributed by atoms with Crippen molar-refractivity contribution >= 4 is 11.6 Å². The zero-order valence-electron chi connectivity index (χ0n) is 15.8. The fourth-order valence-corrected chi connectivity index (χ4v) is 3.22. The van der Waals surface area contributed by atoms with Gasteiger partial charge in [-0.1, -0.05) is 42.5 Å². The Bertz CT molecular complexity index is 728. The predicted molar refractivity (Wildman–Crippen MR) is 109 cm³/mol. The lowest BCUT2D eigenvalue weighted by Gasteiger charge is -2.37. The van der Waals surface area contributed by atoms with Gasteiger partial charge >= 0.3 is 0 Å². The summed E-state index contributed by atoms with van der Waals surface area (Å²) in [5.41, 5.74) is 2.08. The number of rotatable bonds is 6. The molecule has 27 heavy (non-hydrogen) atoms. The molecular formula is C21H28N4O2. The number of hydrogen-bond acceptors (Lipinski definition) is 4. The van der Waals surface area contributed by atoms with Crippen LogP contribution in [0.3, 0.4) is 0 Å².